The largest absolute Gasteiger partial charge is 0.491 e. The van der Waals surface area contributed by atoms with Crippen molar-refractivity contribution < 1.29 is 18.7 Å². The first kappa shape index (κ1) is 18.6. The number of ether oxygens (including phenoxy) is 2. The fourth-order valence-corrected chi connectivity index (χ4v) is 3.85. The summed E-state index contributed by atoms with van der Waals surface area (Å²) >= 11 is 7.45. The zero-order chi connectivity index (χ0) is 18.5. The van der Waals surface area contributed by atoms with Gasteiger partial charge in [-0.05, 0) is 35.9 Å². The molecule has 0 saturated heterocycles. The summed E-state index contributed by atoms with van der Waals surface area (Å²) < 4.78 is 24.4. The topological polar surface area (TPSA) is 47.6 Å². The van der Waals surface area contributed by atoms with Crippen LogP contribution in [0.25, 0.3) is 10.1 Å². The van der Waals surface area contributed by atoms with Crippen molar-refractivity contribution in [2.24, 2.45) is 0 Å². The number of carbonyl (C=O) groups excluding carboxylic acids is 1. The average Bonchev–Trinajstić information content (AvgIpc) is 2.97. The van der Waals surface area contributed by atoms with Crippen LogP contribution in [0, 0.1) is 5.82 Å². The second-order valence-electron chi connectivity index (χ2n) is 5.55. The lowest BCUT2D eigenvalue weighted by Crippen LogP contribution is -2.22. The van der Waals surface area contributed by atoms with Crippen molar-refractivity contribution in [1.29, 1.82) is 0 Å². The lowest BCUT2D eigenvalue weighted by atomic mass is 10.2. The minimum absolute atomic E-state index is 0.281. The molecule has 4 nitrogen and oxygen atoms in total. The Morgan fingerprint density at radius 1 is 1.19 bits per heavy atom. The summed E-state index contributed by atoms with van der Waals surface area (Å²) in [7, 11) is 1.62. The van der Waals surface area contributed by atoms with Crippen LogP contribution < -0.4 is 10.1 Å². The van der Waals surface area contributed by atoms with Gasteiger partial charge in [0.05, 0.1) is 11.6 Å². The first-order valence-electron chi connectivity index (χ1n) is 7.95. The fourth-order valence-electron chi connectivity index (χ4n) is 2.39. The number of amides is 1. The van der Waals surface area contributed by atoms with Crippen molar-refractivity contribution in [3.63, 3.8) is 0 Å². The second kappa shape index (κ2) is 8.49. The van der Waals surface area contributed by atoms with E-state index < -0.39 is 0 Å². The van der Waals surface area contributed by atoms with Crippen molar-refractivity contribution >= 4 is 38.9 Å². The number of methoxy groups -OCH3 is 1. The maximum absolute atomic E-state index is 13.3. The normalized spacial score (nSPS) is 10.9. The summed E-state index contributed by atoms with van der Waals surface area (Å²) in [5.41, 5.74) is 0.931. The zero-order valence-corrected chi connectivity index (χ0v) is 15.6. The van der Waals surface area contributed by atoms with E-state index in [2.05, 4.69) is 5.32 Å². The van der Waals surface area contributed by atoms with Gasteiger partial charge in [-0.2, -0.15) is 0 Å². The zero-order valence-electron chi connectivity index (χ0n) is 14.1. The number of hydrogen-bond donors (Lipinski definition) is 1. The molecule has 0 fully saturated rings. The summed E-state index contributed by atoms with van der Waals surface area (Å²) in [4.78, 5) is 12.8. The van der Waals surface area contributed by atoms with E-state index in [-0.39, 0.29) is 11.7 Å². The molecule has 0 unspecified atom stereocenters. The van der Waals surface area contributed by atoms with Gasteiger partial charge in [0.1, 0.15) is 23.1 Å². The van der Waals surface area contributed by atoms with E-state index in [1.165, 1.54) is 23.5 Å². The SMILES string of the molecule is COCCOc1ccc(CNC(=O)c2sc3cc(F)ccc3c2Cl)cc1. The number of rotatable bonds is 7. The quantitative estimate of drug-likeness (QED) is 0.594. The lowest BCUT2D eigenvalue weighted by molar-refractivity contribution is 0.0955. The van der Waals surface area contributed by atoms with E-state index in [9.17, 15) is 9.18 Å². The molecule has 0 bridgehead atoms. The van der Waals surface area contributed by atoms with E-state index in [1.54, 1.807) is 13.2 Å². The molecule has 1 heterocycles. The summed E-state index contributed by atoms with van der Waals surface area (Å²) in [5.74, 6) is 0.110. The summed E-state index contributed by atoms with van der Waals surface area (Å²) in [6.45, 7) is 1.37. The van der Waals surface area contributed by atoms with Gasteiger partial charge in [-0.15, -0.1) is 11.3 Å². The number of benzene rings is 2. The van der Waals surface area contributed by atoms with E-state index >= 15 is 0 Å². The molecule has 0 atom stereocenters. The Morgan fingerprint density at radius 2 is 1.96 bits per heavy atom. The molecule has 0 aliphatic rings. The average molecular weight is 394 g/mol. The lowest BCUT2D eigenvalue weighted by Gasteiger charge is -2.07. The molecule has 1 aromatic heterocycles. The van der Waals surface area contributed by atoms with Crippen LogP contribution in [0.15, 0.2) is 42.5 Å². The molecule has 0 saturated carbocycles. The van der Waals surface area contributed by atoms with Crippen molar-refractivity contribution in [3.8, 4) is 5.75 Å². The van der Waals surface area contributed by atoms with Crippen molar-refractivity contribution in [3.05, 3.63) is 63.7 Å². The standard InChI is InChI=1S/C19H17ClFNO3S/c1-24-8-9-25-14-5-2-12(3-6-14)11-22-19(23)18-17(20)15-7-4-13(21)10-16(15)26-18/h2-7,10H,8-9,11H2,1H3,(H,22,23). The van der Waals surface area contributed by atoms with Crippen LogP contribution in [0.4, 0.5) is 4.39 Å². The molecule has 136 valence electrons. The molecule has 3 rings (SSSR count). The fraction of sp³-hybridized carbons (Fsp3) is 0.211. The van der Waals surface area contributed by atoms with E-state index in [0.717, 1.165) is 11.3 Å². The van der Waals surface area contributed by atoms with Gasteiger partial charge in [-0.3, -0.25) is 4.79 Å². The van der Waals surface area contributed by atoms with Crippen molar-refractivity contribution in [1.82, 2.24) is 5.32 Å². The van der Waals surface area contributed by atoms with Crippen molar-refractivity contribution in [2.75, 3.05) is 20.3 Å². The summed E-state index contributed by atoms with van der Waals surface area (Å²) in [6, 6.07) is 11.7. The molecular weight excluding hydrogens is 377 g/mol. The number of carbonyl (C=O) groups is 1. The predicted octanol–water partition coefficient (Wildman–Crippen LogP) is 4.65. The van der Waals surface area contributed by atoms with Gasteiger partial charge in [-0.1, -0.05) is 23.7 Å². The van der Waals surface area contributed by atoms with Gasteiger partial charge >= 0.3 is 0 Å². The minimum atomic E-state index is -0.352. The van der Waals surface area contributed by atoms with Gasteiger partial charge in [0.15, 0.2) is 0 Å². The third-order valence-corrected chi connectivity index (χ3v) is 5.39. The van der Waals surface area contributed by atoms with Gasteiger partial charge < -0.3 is 14.8 Å². The van der Waals surface area contributed by atoms with Crippen LogP contribution in [-0.2, 0) is 11.3 Å². The third-order valence-electron chi connectivity index (χ3n) is 3.73. The number of hydrogen-bond acceptors (Lipinski definition) is 4. The number of nitrogens with one attached hydrogen (secondary N) is 1. The molecular formula is C19H17ClFNO3S. The molecule has 0 radical (unpaired) electrons. The van der Waals surface area contributed by atoms with Crippen LogP contribution in [-0.4, -0.2) is 26.2 Å². The Labute approximate surface area is 159 Å². The highest BCUT2D eigenvalue weighted by atomic mass is 35.5. The molecule has 1 amide bonds. The first-order chi connectivity index (χ1) is 12.6. The maximum atomic E-state index is 13.3. The highest BCUT2D eigenvalue weighted by molar-refractivity contribution is 7.21. The van der Waals surface area contributed by atoms with Crippen LogP contribution in [0.1, 0.15) is 15.2 Å². The Morgan fingerprint density at radius 3 is 2.69 bits per heavy atom. The number of fused-ring (bicyclic) bond motifs is 1. The molecule has 2 aromatic carbocycles. The van der Waals surface area contributed by atoms with Gasteiger partial charge in [0.25, 0.3) is 5.91 Å². The number of thiophene rings is 1. The Bertz CT molecular complexity index is 911. The van der Waals surface area contributed by atoms with Gasteiger partial charge in [-0.25, -0.2) is 4.39 Å². The third kappa shape index (κ3) is 4.33. The Balaban J connectivity index is 1.63. The first-order valence-corrected chi connectivity index (χ1v) is 9.14. The smallest absolute Gasteiger partial charge is 0.263 e. The molecule has 0 aliphatic heterocycles. The molecule has 1 N–H and O–H groups in total. The van der Waals surface area contributed by atoms with Crippen LogP contribution >= 0.6 is 22.9 Å². The van der Waals surface area contributed by atoms with Gasteiger partial charge in [0.2, 0.25) is 0 Å². The van der Waals surface area contributed by atoms with E-state index in [0.29, 0.717) is 39.7 Å². The van der Waals surface area contributed by atoms with E-state index in [1.807, 2.05) is 24.3 Å². The second-order valence-corrected chi connectivity index (χ2v) is 6.98. The maximum Gasteiger partial charge on any atom is 0.263 e. The summed E-state index contributed by atoms with van der Waals surface area (Å²) in [6.07, 6.45) is 0. The van der Waals surface area contributed by atoms with E-state index in [4.69, 9.17) is 21.1 Å². The summed E-state index contributed by atoms with van der Waals surface area (Å²) in [5, 5.41) is 3.87. The minimum Gasteiger partial charge on any atom is -0.491 e. The number of halogens is 2. The van der Waals surface area contributed by atoms with Crippen LogP contribution in [0.3, 0.4) is 0 Å². The van der Waals surface area contributed by atoms with Gasteiger partial charge in [0, 0.05) is 23.7 Å². The molecule has 0 aliphatic carbocycles. The highest BCUT2D eigenvalue weighted by Crippen LogP contribution is 2.35. The Kier molecular flexibility index (Phi) is 6.08. The molecule has 0 spiro atoms. The monoisotopic (exact) mass is 393 g/mol. The van der Waals surface area contributed by atoms with Crippen LogP contribution in [0.5, 0.6) is 5.75 Å². The molecule has 3 aromatic rings. The van der Waals surface area contributed by atoms with Crippen molar-refractivity contribution in [2.45, 2.75) is 6.54 Å². The molecule has 7 heteroatoms. The Hall–Kier alpha value is -2.15. The predicted molar refractivity (Wildman–Crippen MR) is 102 cm³/mol. The van der Waals surface area contributed by atoms with Crippen LogP contribution in [0.2, 0.25) is 5.02 Å². The molecule has 26 heavy (non-hydrogen) atoms. The highest BCUT2D eigenvalue weighted by Gasteiger charge is 2.17.